The molecule has 10 N–H and O–H groups in total. The van der Waals surface area contributed by atoms with Crippen molar-refractivity contribution in [3.8, 4) is 22.6 Å². The second-order valence-corrected chi connectivity index (χ2v) is 29.6. The summed E-state index contributed by atoms with van der Waals surface area (Å²) in [5, 5.41) is 73.8. The quantitative estimate of drug-likeness (QED) is 0.0252. The van der Waals surface area contributed by atoms with E-state index in [-0.39, 0.29) is 64.1 Å². The van der Waals surface area contributed by atoms with Gasteiger partial charge in [0.15, 0.2) is 0 Å². The Morgan fingerprint density at radius 2 is 0.925 bits per heavy atom. The number of aromatic nitrogens is 2. The summed E-state index contributed by atoms with van der Waals surface area (Å²) in [5.74, 6) is -0.983. The number of alkyl carbamates (subject to hydrolysis) is 2. The molecule has 6 aromatic carbocycles. The lowest BCUT2D eigenvalue weighted by Crippen LogP contribution is -2.49. The number of anilines is 2. The number of pyridine rings is 2. The SMILES string of the molecule is CC(C)(C)OC(=O)N[C@@H](Cc1ccc(Br)cc1)[C@@H](O)C[C@@H](Cc1ccccc1F)C(=O)N[C@H]1c2ccccc2OC[C@H]1O.CN(C)c1ccc(-c2ccc(C[C@H](NC(=O)OC(C)(C)C)[C@@H](O)C[C@@H](Cc3ccccc3F)C(=O)N[C@H]3c4ccccc4OC[C@H]3O)cc2)cn1.CN(C)c1ccc(B(O)O)cn1.Cl. The van der Waals surface area contributed by atoms with Crippen LogP contribution in [0.15, 0.2) is 187 Å². The number of aliphatic hydroxyl groups excluding tert-OH is 4. The summed E-state index contributed by atoms with van der Waals surface area (Å²) >= 11 is 3.42. The zero-order chi connectivity index (χ0) is 77.0. The summed E-state index contributed by atoms with van der Waals surface area (Å²) in [6, 6.07) is 45.9. The average Bonchev–Trinajstić information content (AvgIpc) is 0.810. The molecule has 4 amide bonds. The molecule has 2 aromatic heterocycles. The highest BCUT2D eigenvalue weighted by molar-refractivity contribution is 9.10. The van der Waals surface area contributed by atoms with Gasteiger partial charge in [0.1, 0.15) is 71.4 Å². The fourth-order valence-electron chi connectivity index (χ4n) is 12.0. The van der Waals surface area contributed by atoms with Crippen molar-refractivity contribution < 1.29 is 77.4 Å². The summed E-state index contributed by atoms with van der Waals surface area (Å²) < 4.78 is 52.8. The van der Waals surface area contributed by atoms with E-state index in [1.54, 1.807) is 145 Å². The zero-order valence-corrected chi connectivity index (χ0v) is 64.0. The summed E-state index contributed by atoms with van der Waals surface area (Å²) in [4.78, 5) is 65.9. The van der Waals surface area contributed by atoms with Crippen molar-refractivity contribution in [2.24, 2.45) is 11.8 Å². The van der Waals surface area contributed by atoms with Gasteiger partial charge in [-0.3, -0.25) is 9.59 Å². The number of halogens is 4. The van der Waals surface area contributed by atoms with Crippen LogP contribution >= 0.6 is 28.3 Å². The van der Waals surface area contributed by atoms with Crippen LogP contribution in [-0.2, 0) is 44.7 Å². The fourth-order valence-corrected chi connectivity index (χ4v) is 12.3. The number of nitrogens with one attached hydrogen (secondary N) is 4. The maximum absolute atomic E-state index is 14.9. The molecule has 4 heterocycles. The van der Waals surface area contributed by atoms with Crippen LogP contribution in [0.2, 0.25) is 0 Å². The van der Waals surface area contributed by atoms with Gasteiger partial charge in [-0.2, -0.15) is 0 Å². The molecule has 2 aliphatic rings. The predicted molar refractivity (Wildman–Crippen MR) is 414 cm³/mol. The van der Waals surface area contributed by atoms with E-state index in [9.17, 15) is 48.4 Å². The van der Waals surface area contributed by atoms with Crippen molar-refractivity contribution in [2.75, 3.05) is 51.2 Å². The van der Waals surface area contributed by atoms with E-state index in [0.717, 1.165) is 38.4 Å². The summed E-state index contributed by atoms with van der Waals surface area (Å²) in [6.45, 7) is 10.4. The molecule has 8 aromatic rings. The van der Waals surface area contributed by atoms with Crippen molar-refractivity contribution in [2.45, 2.75) is 140 Å². The monoisotopic (exact) mass is 1560 g/mol. The summed E-state index contributed by atoms with van der Waals surface area (Å²) in [5.41, 5.74) is 4.28. The van der Waals surface area contributed by atoms with E-state index < -0.39 is 114 Å². The number of ether oxygens (including phenoxy) is 4. The predicted octanol–water partition coefficient (Wildman–Crippen LogP) is 10.1. The lowest BCUT2D eigenvalue weighted by molar-refractivity contribution is -0.129. The maximum atomic E-state index is 14.9. The molecule has 0 unspecified atom stereocenters. The number of amides is 4. The number of hydrogen-bond acceptors (Lipinski definition) is 18. The average molecular weight is 1560 g/mol. The Bertz CT molecular complexity index is 4140. The number of hydrogen-bond donors (Lipinski definition) is 10. The van der Waals surface area contributed by atoms with Crippen molar-refractivity contribution >= 4 is 76.6 Å². The molecular weight excluding hydrogens is 1460 g/mol. The van der Waals surface area contributed by atoms with Crippen molar-refractivity contribution in [1.82, 2.24) is 31.2 Å². The molecule has 2 aliphatic heterocycles. The molecule has 572 valence electrons. The van der Waals surface area contributed by atoms with Crippen LogP contribution in [0, 0.1) is 23.5 Å². The topological polar surface area (TPSA) is 307 Å². The van der Waals surface area contributed by atoms with Gasteiger partial charge >= 0.3 is 19.3 Å². The second-order valence-electron chi connectivity index (χ2n) is 28.7. The minimum absolute atomic E-state index is 0. The lowest BCUT2D eigenvalue weighted by Gasteiger charge is -2.33. The number of carbonyl (C=O) groups excluding carboxylic acids is 4. The normalized spacial score (nSPS) is 16.7. The third kappa shape index (κ3) is 26.0. The molecule has 107 heavy (non-hydrogen) atoms. The Morgan fingerprint density at radius 3 is 1.30 bits per heavy atom. The Morgan fingerprint density at radius 1 is 0.542 bits per heavy atom. The van der Waals surface area contributed by atoms with E-state index in [1.807, 2.05) is 98.7 Å². The van der Waals surface area contributed by atoms with Crippen molar-refractivity contribution in [3.63, 3.8) is 0 Å². The van der Waals surface area contributed by atoms with Crippen LogP contribution in [0.3, 0.4) is 0 Å². The Hall–Kier alpha value is -9.25. The number of carbonyl (C=O) groups is 4. The van der Waals surface area contributed by atoms with Crippen LogP contribution in [0.5, 0.6) is 11.5 Å². The van der Waals surface area contributed by atoms with E-state index in [1.165, 1.54) is 18.3 Å². The van der Waals surface area contributed by atoms with Gasteiger partial charge in [0.25, 0.3) is 0 Å². The summed E-state index contributed by atoms with van der Waals surface area (Å²) in [7, 11) is 6.16. The van der Waals surface area contributed by atoms with Crippen LogP contribution in [0.4, 0.5) is 30.0 Å². The third-order valence-electron chi connectivity index (χ3n) is 17.5. The Labute approximate surface area is 639 Å². The molecular formula is C80H97BBrClF2N8O14. The highest BCUT2D eigenvalue weighted by atomic mass is 79.9. The number of aliphatic hydroxyl groups is 4. The molecule has 27 heteroatoms. The van der Waals surface area contributed by atoms with Crippen molar-refractivity contribution in [1.29, 1.82) is 0 Å². The van der Waals surface area contributed by atoms with Crippen LogP contribution in [0.25, 0.3) is 11.1 Å². The van der Waals surface area contributed by atoms with Crippen LogP contribution in [0.1, 0.15) is 99.8 Å². The molecule has 0 bridgehead atoms. The number of nitrogens with zero attached hydrogens (tertiary/aromatic N) is 4. The first-order chi connectivity index (χ1) is 50.3. The fraction of sp³-hybridized carbons (Fsp3) is 0.375. The van der Waals surface area contributed by atoms with Gasteiger partial charge in [0.2, 0.25) is 11.8 Å². The molecule has 0 fully saturated rings. The van der Waals surface area contributed by atoms with Crippen LogP contribution in [-0.4, -0.2) is 161 Å². The van der Waals surface area contributed by atoms with Crippen LogP contribution < -0.4 is 46.0 Å². The molecule has 0 saturated heterocycles. The number of benzene rings is 6. The smallest absolute Gasteiger partial charge is 0.490 e. The third-order valence-corrected chi connectivity index (χ3v) is 18.0. The Balaban J connectivity index is 0.000000258. The van der Waals surface area contributed by atoms with Gasteiger partial charge in [-0.1, -0.05) is 131 Å². The Kier molecular flexibility index (Phi) is 31.4. The molecule has 22 nitrogen and oxygen atoms in total. The minimum Gasteiger partial charge on any atom is -0.490 e. The minimum atomic E-state index is -1.44. The lowest BCUT2D eigenvalue weighted by atomic mass is 9.82. The molecule has 0 aliphatic carbocycles. The standard InChI is InChI=1S/C40H47FN4O6.C33H38BrFN2O6.C7H11BN2O2.ClH/c1-40(2,3)51-39(49)43-32(20-25-14-16-26(17-15-25)28-18-19-36(42-23-28)45(4)5)33(46)22-29(21-27-10-6-8-12-31(27)41)38(48)44-37-30-11-7-9-13-35(30)50-24-34(37)47;1-33(2,3)43-32(41)36-26(16-20-12-14-23(34)15-13-20)27(38)18-22(17-21-8-4-6-10-25(21)35)31(40)37-30-24-9-5-7-11-29(24)42-19-28(30)39;1-10(2)7-4-3-6(5-9-7)8(11)12;/h6-19,23,29,32-34,37,46-47H,20-22,24H2,1-5H3,(H,43,49)(H,44,48);4-15,22,26-28,30,38-39H,16-19H2,1-3H3,(H,36,41)(H,37,40);3-5,11-12H,1-2H3;1H/t29-,32+,33+,34-,37+;22-,26+,27+,28-,30+;;/m11../s1. The van der Waals surface area contributed by atoms with E-state index in [0.29, 0.717) is 39.2 Å². The molecule has 10 atom stereocenters. The van der Waals surface area contributed by atoms with Gasteiger partial charge in [0.05, 0.1) is 36.4 Å². The number of para-hydroxylation sites is 2. The van der Waals surface area contributed by atoms with E-state index in [4.69, 9.17) is 29.0 Å². The molecule has 0 radical (unpaired) electrons. The van der Waals surface area contributed by atoms with Crippen molar-refractivity contribution in [3.05, 3.63) is 232 Å². The molecule has 10 rings (SSSR count). The summed E-state index contributed by atoms with van der Waals surface area (Å²) in [6.07, 6.45) is -2.41. The first kappa shape index (κ1) is 85.0. The number of rotatable bonds is 24. The van der Waals surface area contributed by atoms with Gasteiger partial charge in [0, 0.05) is 79.0 Å². The second kappa shape index (κ2) is 39.6. The molecule has 0 saturated carbocycles. The maximum Gasteiger partial charge on any atom is 0.490 e. The highest BCUT2D eigenvalue weighted by Gasteiger charge is 2.38. The first-order valence-corrected chi connectivity index (χ1v) is 35.8. The van der Waals surface area contributed by atoms with Gasteiger partial charge in [-0.25, -0.2) is 28.3 Å². The van der Waals surface area contributed by atoms with Gasteiger partial charge in [-0.15, -0.1) is 12.4 Å². The highest BCUT2D eigenvalue weighted by Crippen LogP contribution is 2.35. The van der Waals surface area contributed by atoms with Gasteiger partial charge < -0.3 is 80.5 Å². The van der Waals surface area contributed by atoms with Gasteiger partial charge in [-0.05, 0) is 162 Å². The first-order valence-electron chi connectivity index (χ1n) is 35.0. The van der Waals surface area contributed by atoms with E-state index in [2.05, 4.69) is 47.2 Å². The largest absolute Gasteiger partial charge is 0.490 e. The molecule has 0 spiro atoms. The zero-order valence-electron chi connectivity index (χ0n) is 61.6. The number of fused-ring (bicyclic) bond motifs is 2. The van der Waals surface area contributed by atoms with E-state index >= 15 is 0 Å².